The Kier molecular flexibility index (Phi) is 10.8. The van der Waals surface area contributed by atoms with E-state index in [0.29, 0.717) is 42.1 Å². The zero-order valence-electron chi connectivity index (χ0n) is 24.6. The third-order valence-corrected chi connectivity index (χ3v) is 7.23. The van der Waals surface area contributed by atoms with Gasteiger partial charge in [-0.15, -0.1) is 0 Å². The second-order valence-electron chi connectivity index (χ2n) is 10.4. The summed E-state index contributed by atoms with van der Waals surface area (Å²) in [5.41, 5.74) is 1.06. The molecule has 2 aromatic rings. The molecule has 0 radical (unpaired) electrons. The van der Waals surface area contributed by atoms with Gasteiger partial charge in [0.1, 0.15) is 23.7 Å². The van der Waals surface area contributed by atoms with Crippen LogP contribution in [0, 0.1) is 0 Å². The fourth-order valence-corrected chi connectivity index (χ4v) is 4.89. The molecule has 2 saturated heterocycles. The SMILES string of the molecule is C=N/C(Oc1cccc(CN(C)C)c1C=O)=C(\C=N/CNc1ccc(N2CCN(C3COC3)CC2)cc1OC)C(F)(F)F. The van der Waals surface area contributed by atoms with Gasteiger partial charge < -0.3 is 29.3 Å². The number of hydrogen-bond donors (Lipinski definition) is 1. The van der Waals surface area contributed by atoms with Gasteiger partial charge in [-0.25, -0.2) is 4.99 Å². The summed E-state index contributed by atoms with van der Waals surface area (Å²) in [4.78, 5) is 25.7. The van der Waals surface area contributed by atoms with Gasteiger partial charge in [0.25, 0.3) is 0 Å². The zero-order chi connectivity index (χ0) is 31.0. The summed E-state index contributed by atoms with van der Waals surface area (Å²) in [5.74, 6) is -0.327. The number of rotatable bonds is 13. The van der Waals surface area contributed by atoms with Crippen LogP contribution in [0.15, 0.2) is 57.8 Å². The van der Waals surface area contributed by atoms with Crippen molar-refractivity contribution in [1.29, 1.82) is 0 Å². The molecule has 0 saturated carbocycles. The molecule has 0 aromatic heterocycles. The summed E-state index contributed by atoms with van der Waals surface area (Å²) in [6, 6.07) is 10.9. The number of alkyl halides is 3. The predicted octanol–water partition coefficient (Wildman–Crippen LogP) is 4.08. The first kappa shape index (κ1) is 32.0. The van der Waals surface area contributed by atoms with Gasteiger partial charge in [0.05, 0.1) is 37.6 Å². The van der Waals surface area contributed by atoms with Gasteiger partial charge in [0, 0.05) is 50.7 Å². The lowest BCUT2D eigenvalue weighted by atomic mass is 10.1. The minimum Gasteiger partial charge on any atom is -0.495 e. The van der Waals surface area contributed by atoms with Crippen molar-refractivity contribution < 1.29 is 32.2 Å². The van der Waals surface area contributed by atoms with Gasteiger partial charge in [-0.1, -0.05) is 12.1 Å². The molecule has 0 bridgehead atoms. The van der Waals surface area contributed by atoms with E-state index in [1.54, 1.807) is 12.1 Å². The summed E-state index contributed by atoms with van der Waals surface area (Å²) in [5, 5.41) is 3.00. The Morgan fingerprint density at radius 2 is 1.91 bits per heavy atom. The predicted molar refractivity (Wildman–Crippen MR) is 161 cm³/mol. The Labute approximate surface area is 249 Å². The number of aldehydes is 1. The zero-order valence-corrected chi connectivity index (χ0v) is 24.6. The summed E-state index contributed by atoms with van der Waals surface area (Å²) in [6.45, 7) is 8.69. The van der Waals surface area contributed by atoms with Crippen molar-refractivity contribution in [2.45, 2.75) is 18.8 Å². The van der Waals surface area contributed by atoms with E-state index in [2.05, 4.69) is 31.8 Å². The van der Waals surface area contributed by atoms with Gasteiger partial charge in [-0.3, -0.25) is 14.7 Å². The van der Waals surface area contributed by atoms with Crippen LogP contribution in [0.25, 0.3) is 0 Å². The van der Waals surface area contributed by atoms with Crippen LogP contribution in [0.3, 0.4) is 0 Å². The van der Waals surface area contributed by atoms with Crippen molar-refractivity contribution in [3.05, 3.63) is 59.0 Å². The fourth-order valence-electron chi connectivity index (χ4n) is 4.89. The van der Waals surface area contributed by atoms with Gasteiger partial charge in [0.2, 0.25) is 5.88 Å². The third-order valence-electron chi connectivity index (χ3n) is 7.23. The van der Waals surface area contributed by atoms with Crippen LogP contribution >= 0.6 is 0 Å². The Morgan fingerprint density at radius 1 is 1.16 bits per heavy atom. The molecule has 4 rings (SSSR count). The number of carbonyl (C=O) groups is 1. The third kappa shape index (κ3) is 8.12. The van der Waals surface area contributed by atoms with Crippen molar-refractivity contribution in [3.63, 3.8) is 0 Å². The van der Waals surface area contributed by atoms with Crippen LogP contribution in [0.2, 0.25) is 0 Å². The molecule has 2 fully saturated rings. The molecule has 0 amide bonds. The van der Waals surface area contributed by atoms with Gasteiger partial charge in [-0.05, 0) is 44.6 Å². The lowest BCUT2D eigenvalue weighted by Gasteiger charge is -2.43. The van der Waals surface area contributed by atoms with E-state index in [1.165, 1.54) is 13.2 Å². The topological polar surface area (TPSA) is 91.2 Å². The van der Waals surface area contributed by atoms with Crippen molar-refractivity contribution in [3.8, 4) is 11.5 Å². The molecule has 2 aromatic carbocycles. The van der Waals surface area contributed by atoms with Crippen LogP contribution in [-0.4, -0.2) is 109 Å². The molecule has 0 spiro atoms. The normalized spacial score (nSPS) is 17.0. The number of halogens is 3. The van der Waals surface area contributed by atoms with Crippen LogP contribution in [0.1, 0.15) is 15.9 Å². The number of anilines is 2. The minimum absolute atomic E-state index is 0.0617. The highest BCUT2D eigenvalue weighted by molar-refractivity contribution is 5.83. The van der Waals surface area contributed by atoms with E-state index in [9.17, 15) is 18.0 Å². The number of nitrogens with one attached hydrogen (secondary N) is 1. The van der Waals surface area contributed by atoms with Crippen molar-refractivity contribution >= 4 is 30.6 Å². The fraction of sp³-hybridized carbons (Fsp3) is 0.433. The van der Waals surface area contributed by atoms with E-state index in [0.717, 1.165) is 45.1 Å². The molecule has 2 aliphatic rings. The van der Waals surface area contributed by atoms with Crippen molar-refractivity contribution in [2.24, 2.45) is 9.98 Å². The van der Waals surface area contributed by atoms with E-state index in [-0.39, 0.29) is 18.0 Å². The number of aliphatic imine (C=N–C) groups is 2. The average molecular weight is 603 g/mol. The smallest absolute Gasteiger partial charge is 0.423 e. The minimum atomic E-state index is -4.85. The van der Waals surface area contributed by atoms with Crippen LogP contribution < -0.4 is 19.7 Å². The second-order valence-corrected chi connectivity index (χ2v) is 10.4. The average Bonchev–Trinajstić information content (AvgIpc) is 2.95. The number of benzene rings is 2. The Bertz CT molecular complexity index is 1340. The highest BCUT2D eigenvalue weighted by Gasteiger charge is 2.37. The first-order valence-electron chi connectivity index (χ1n) is 13.8. The lowest BCUT2D eigenvalue weighted by molar-refractivity contribution is -0.0879. The summed E-state index contributed by atoms with van der Waals surface area (Å²) >= 11 is 0. The van der Waals surface area contributed by atoms with Crippen molar-refractivity contribution in [2.75, 3.05) is 77.5 Å². The van der Waals surface area contributed by atoms with Crippen LogP contribution in [0.5, 0.6) is 11.5 Å². The Balaban J connectivity index is 1.45. The molecule has 1 N–H and O–H groups in total. The second kappa shape index (κ2) is 14.5. The number of ether oxygens (including phenoxy) is 3. The highest BCUT2D eigenvalue weighted by Crippen LogP contribution is 2.32. The first-order valence-corrected chi connectivity index (χ1v) is 13.8. The number of methoxy groups -OCH3 is 1. The van der Waals surface area contributed by atoms with E-state index in [1.807, 2.05) is 37.2 Å². The molecule has 10 nitrogen and oxygen atoms in total. The summed E-state index contributed by atoms with van der Waals surface area (Å²) < 4.78 is 58.4. The van der Waals surface area contributed by atoms with E-state index in [4.69, 9.17) is 14.2 Å². The molecule has 13 heteroatoms. The monoisotopic (exact) mass is 602 g/mol. The molecule has 232 valence electrons. The summed E-state index contributed by atoms with van der Waals surface area (Å²) in [7, 11) is 5.15. The number of nitrogens with zero attached hydrogens (tertiary/aromatic N) is 5. The molecule has 2 heterocycles. The van der Waals surface area contributed by atoms with E-state index < -0.39 is 17.6 Å². The maximum absolute atomic E-state index is 14.0. The highest BCUT2D eigenvalue weighted by atomic mass is 19.4. The van der Waals surface area contributed by atoms with E-state index >= 15 is 0 Å². The largest absolute Gasteiger partial charge is 0.495 e. The molecule has 0 unspecified atom stereocenters. The Hall–Kier alpha value is -3.94. The number of carbonyl (C=O) groups excluding carboxylic acids is 1. The van der Waals surface area contributed by atoms with Crippen LogP contribution in [-0.2, 0) is 11.3 Å². The molecular formula is C30H37F3N6O4. The van der Waals surface area contributed by atoms with Gasteiger partial charge in [0.15, 0.2) is 6.29 Å². The standard InChI is InChI=1S/C30H37F3N6O4/c1-34-29(43-27-7-5-6-21(16-37(2)3)24(27)17-40)25(30(31,32)33)15-35-20-36-26-9-8-22(14-28(26)41-4)38-10-12-39(13-11-38)23-18-42-19-23/h5-9,14-15,17,23,36H,1,10-13,16,18-20H2,2-4H3/b29-25-,35-15-. The number of hydrogen-bond acceptors (Lipinski definition) is 10. The van der Waals surface area contributed by atoms with Gasteiger partial charge in [-0.2, -0.15) is 13.2 Å². The Morgan fingerprint density at radius 3 is 2.49 bits per heavy atom. The molecule has 0 atom stereocenters. The molecule has 43 heavy (non-hydrogen) atoms. The lowest BCUT2D eigenvalue weighted by Crippen LogP contribution is -2.56. The molecular weight excluding hydrogens is 565 g/mol. The number of piperazine rings is 1. The van der Waals surface area contributed by atoms with Crippen LogP contribution in [0.4, 0.5) is 24.5 Å². The van der Waals surface area contributed by atoms with Gasteiger partial charge >= 0.3 is 6.18 Å². The number of allylic oxidation sites excluding steroid dienone is 1. The maximum atomic E-state index is 14.0. The van der Waals surface area contributed by atoms with Crippen molar-refractivity contribution in [1.82, 2.24) is 9.80 Å². The quantitative estimate of drug-likeness (QED) is 0.209. The maximum Gasteiger partial charge on any atom is 0.423 e. The summed E-state index contributed by atoms with van der Waals surface area (Å²) in [6.07, 6.45) is -3.67. The first-order chi connectivity index (χ1) is 20.6. The molecule has 0 aliphatic carbocycles. The molecule has 2 aliphatic heterocycles.